The zero-order valence-electron chi connectivity index (χ0n) is 12.6. The van der Waals surface area contributed by atoms with Gasteiger partial charge in [-0.05, 0) is 23.3 Å². The molecule has 2 amide bonds. The van der Waals surface area contributed by atoms with Crippen LogP contribution in [0.3, 0.4) is 0 Å². The fraction of sp³-hybridized carbons (Fsp3) is 0.222. The van der Waals surface area contributed by atoms with E-state index in [-0.39, 0.29) is 12.3 Å². The number of benzene rings is 2. The van der Waals surface area contributed by atoms with Crippen molar-refractivity contribution in [1.82, 2.24) is 5.32 Å². The summed E-state index contributed by atoms with van der Waals surface area (Å²) in [6.07, 6.45) is 0.0842. The number of amides is 2. The van der Waals surface area contributed by atoms with Crippen LogP contribution in [0.4, 0.5) is 0 Å². The Morgan fingerprint density at radius 1 is 1.00 bits per heavy atom. The second-order valence-electron chi connectivity index (χ2n) is 5.81. The van der Waals surface area contributed by atoms with Crippen LogP contribution in [0.1, 0.15) is 16.8 Å². The predicted octanol–water partition coefficient (Wildman–Crippen LogP) is 1.73. The van der Waals surface area contributed by atoms with Crippen LogP contribution in [-0.2, 0) is 9.53 Å². The molecule has 2 aromatic rings. The van der Waals surface area contributed by atoms with Gasteiger partial charge in [-0.3, -0.25) is 9.59 Å². The molecule has 1 fully saturated rings. The Balaban J connectivity index is 1.72. The van der Waals surface area contributed by atoms with Crippen molar-refractivity contribution < 1.29 is 14.3 Å². The minimum absolute atomic E-state index is 0.0842. The van der Waals surface area contributed by atoms with E-state index in [0.717, 1.165) is 11.1 Å². The number of nitrogens with two attached hydrogens (primary N) is 1. The average molecular weight is 310 g/mol. The van der Waals surface area contributed by atoms with E-state index in [1.165, 1.54) is 0 Å². The van der Waals surface area contributed by atoms with E-state index < -0.39 is 11.4 Å². The molecule has 1 aliphatic heterocycles. The molecule has 1 saturated heterocycles. The standard InChI is InChI=1S/C18H18N2O3/c19-16(21)10-18(11-23-12-18)20-17(22)15-8-6-14(7-9-15)13-4-2-1-3-5-13/h1-9H,10-12H2,(H2,19,21)(H,20,22). The van der Waals surface area contributed by atoms with E-state index in [0.29, 0.717) is 18.8 Å². The predicted molar refractivity (Wildman–Crippen MR) is 86.7 cm³/mol. The Hall–Kier alpha value is -2.66. The maximum atomic E-state index is 12.4. The molecule has 0 spiro atoms. The maximum absolute atomic E-state index is 12.4. The van der Waals surface area contributed by atoms with Gasteiger partial charge in [0.2, 0.25) is 5.91 Å². The van der Waals surface area contributed by atoms with E-state index in [9.17, 15) is 9.59 Å². The molecule has 1 heterocycles. The summed E-state index contributed by atoms with van der Waals surface area (Å²) in [5.41, 5.74) is 7.25. The second-order valence-corrected chi connectivity index (χ2v) is 5.81. The van der Waals surface area contributed by atoms with Crippen molar-refractivity contribution in [3.05, 3.63) is 60.2 Å². The molecule has 118 valence electrons. The van der Waals surface area contributed by atoms with Crippen LogP contribution in [0.15, 0.2) is 54.6 Å². The van der Waals surface area contributed by atoms with Crippen LogP contribution in [0.5, 0.6) is 0 Å². The Morgan fingerprint density at radius 3 is 2.13 bits per heavy atom. The van der Waals surface area contributed by atoms with E-state index in [4.69, 9.17) is 10.5 Å². The summed E-state index contributed by atoms with van der Waals surface area (Å²) in [5, 5.41) is 2.87. The van der Waals surface area contributed by atoms with Crippen molar-refractivity contribution >= 4 is 11.8 Å². The van der Waals surface area contributed by atoms with Crippen molar-refractivity contribution in [2.24, 2.45) is 5.73 Å². The summed E-state index contributed by atoms with van der Waals surface area (Å²) in [6, 6.07) is 17.3. The molecule has 3 N–H and O–H groups in total. The largest absolute Gasteiger partial charge is 0.376 e. The van der Waals surface area contributed by atoms with E-state index in [1.807, 2.05) is 42.5 Å². The number of ether oxygens (including phenoxy) is 1. The number of hydrogen-bond donors (Lipinski definition) is 2. The van der Waals surface area contributed by atoms with Crippen molar-refractivity contribution in [2.45, 2.75) is 12.0 Å². The fourth-order valence-electron chi connectivity index (χ4n) is 2.66. The zero-order chi connectivity index (χ0) is 16.3. The molecule has 0 aliphatic carbocycles. The summed E-state index contributed by atoms with van der Waals surface area (Å²) in [4.78, 5) is 23.5. The van der Waals surface area contributed by atoms with Gasteiger partial charge in [0.05, 0.1) is 25.2 Å². The maximum Gasteiger partial charge on any atom is 0.251 e. The van der Waals surface area contributed by atoms with Crippen LogP contribution < -0.4 is 11.1 Å². The molecule has 0 unspecified atom stereocenters. The Labute approximate surface area is 134 Å². The first-order chi connectivity index (χ1) is 11.1. The molecule has 0 saturated carbocycles. The third kappa shape index (κ3) is 3.40. The van der Waals surface area contributed by atoms with Crippen LogP contribution in [0, 0.1) is 0 Å². The first-order valence-corrected chi connectivity index (χ1v) is 7.42. The van der Waals surface area contributed by atoms with E-state index >= 15 is 0 Å². The molecule has 0 radical (unpaired) electrons. The molecular weight excluding hydrogens is 292 g/mol. The lowest BCUT2D eigenvalue weighted by molar-refractivity contribution is -0.127. The third-order valence-electron chi connectivity index (χ3n) is 3.90. The van der Waals surface area contributed by atoms with Gasteiger partial charge in [-0.1, -0.05) is 42.5 Å². The number of hydrogen-bond acceptors (Lipinski definition) is 3. The van der Waals surface area contributed by atoms with Crippen LogP contribution in [-0.4, -0.2) is 30.6 Å². The minimum atomic E-state index is -0.666. The summed E-state index contributed by atoms with van der Waals surface area (Å²) in [6.45, 7) is 0.619. The van der Waals surface area contributed by atoms with Gasteiger partial charge in [0, 0.05) is 5.56 Å². The van der Waals surface area contributed by atoms with Gasteiger partial charge >= 0.3 is 0 Å². The third-order valence-corrected chi connectivity index (χ3v) is 3.90. The molecule has 3 rings (SSSR count). The summed E-state index contributed by atoms with van der Waals surface area (Å²) >= 11 is 0. The van der Waals surface area contributed by atoms with Crippen molar-refractivity contribution in [3.63, 3.8) is 0 Å². The number of carbonyl (C=O) groups is 2. The van der Waals surface area contributed by atoms with Gasteiger partial charge < -0.3 is 15.8 Å². The highest BCUT2D eigenvalue weighted by atomic mass is 16.5. The number of carbonyl (C=O) groups excluding carboxylic acids is 2. The summed E-state index contributed by atoms with van der Waals surface area (Å²) in [7, 11) is 0. The van der Waals surface area contributed by atoms with Crippen LogP contribution >= 0.6 is 0 Å². The second kappa shape index (κ2) is 6.22. The Kier molecular flexibility index (Phi) is 4.12. The first kappa shape index (κ1) is 15.2. The summed E-state index contributed by atoms with van der Waals surface area (Å²) < 4.78 is 5.13. The molecule has 5 nitrogen and oxygen atoms in total. The van der Waals surface area contributed by atoms with Gasteiger partial charge in [-0.25, -0.2) is 0 Å². The van der Waals surface area contributed by atoms with Gasteiger partial charge in [0.25, 0.3) is 5.91 Å². The van der Waals surface area contributed by atoms with Gasteiger partial charge in [-0.2, -0.15) is 0 Å². The SMILES string of the molecule is NC(=O)CC1(NC(=O)c2ccc(-c3ccccc3)cc2)COC1. The van der Waals surface area contributed by atoms with Crippen LogP contribution in [0.2, 0.25) is 0 Å². The van der Waals surface area contributed by atoms with Gasteiger partial charge in [0.1, 0.15) is 0 Å². The quantitative estimate of drug-likeness (QED) is 0.882. The molecule has 5 heteroatoms. The number of nitrogens with one attached hydrogen (secondary N) is 1. The fourth-order valence-corrected chi connectivity index (χ4v) is 2.66. The average Bonchev–Trinajstić information content (AvgIpc) is 2.53. The van der Waals surface area contributed by atoms with Gasteiger partial charge in [0.15, 0.2) is 0 Å². The molecule has 2 aromatic carbocycles. The van der Waals surface area contributed by atoms with Crippen LogP contribution in [0.25, 0.3) is 11.1 Å². The highest BCUT2D eigenvalue weighted by Gasteiger charge is 2.41. The van der Waals surface area contributed by atoms with Gasteiger partial charge in [-0.15, -0.1) is 0 Å². The molecule has 0 aromatic heterocycles. The van der Waals surface area contributed by atoms with Crippen molar-refractivity contribution in [1.29, 1.82) is 0 Å². The smallest absolute Gasteiger partial charge is 0.251 e. The first-order valence-electron chi connectivity index (χ1n) is 7.42. The number of primary amides is 1. The summed E-state index contributed by atoms with van der Waals surface area (Å²) in [5.74, 6) is -0.679. The highest BCUT2D eigenvalue weighted by molar-refractivity contribution is 5.95. The topological polar surface area (TPSA) is 81.4 Å². The molecule has 23 heavy (non-hydrogen) atoms. The molecule has 0 bridgehead atoms. The lowest BCUT2D eigenvalue weighted by Gasteiger charge is -2.41. The van der Waals surface area contributed by atoms with E-state index in [2.05, 4.69) is 5.32 Å². The van der Waals surface area contributed by atoms with Crippen molar-refractivity contribution in [3.8, 4) is 11.1 Å². The molecule has 1 aliphatic rings. The van der Waals surface area contributed by atoms with E-state index in [1.54, 1.807) is 12.1 Å². The molecule has 0 atom stereocenters. The monoisotopic (exact) mass is 310 g/mol. The highest BCUT2D eigenvalue weighted by Crippen LogP contribution is 2.23. The number of rotatable bonds is 5. The lowest BCUT2D eigenvalue weighted by Crippen LogP contribution is -2.63. The minimum Gasteiger partial charge on any atom is -0.376 e. The molecular formula is C18H18N2O3. The lowest BCUT2D eigenvalue weighted by atomic mass is 9.92. The zero-order valence-corrected chi connectivity index (χ0v) is 12.6. The Bertz CT molecular complexity index is 707. The Morgan fingerprint density at radius 2 is 1.61 bits per heavy atom. The van der Waals surface area contributed by atoms with Crippen molar-refractivity contribution in [2.75, 3.05) is 13.2 Å². The normalized spacial score (nSPS) is 15.5.